The third-order valence-corrected chi connectivity index (χ3v) is 7.07. The molecule has 36 heavy (non-hydrogen) atoms. The Labute approximate surface area is 234 Å². The van der Waals surface area contributed by atoms with E-state index in [1.165, 1.54) is 12.1 Å². The van der Waals surface area contributed by atoms with Gasteiger partial charge in [0, 0.05) is 64.1 Å². The van der Waals surface area contributed by atoms with Crippen LogP contribution in [0.25, 0.3) is 0 Å². The first kappa shape index (κ1) is 28.1. The van der Waals surface area contributed by atoms with E-state index in [0.29, 0.717) is 40.0 Å². The molecule has 2 N–H and O–H groups in total. The summed E-state index contributed by atoms with van der Waals surface area (Å²) in [5.74, 6) is -0.424. The summed E-state index contributed by atoms with van der Waals surface area (Å²) in [5, 5.41) is 6.56. The van der Waals surface area contributed by atoms with Gasteiger partial charge in [0.15, 0.2) is 11.6 Å². The van der Waals surface area contributed by atoms with E-state index in [-0.39, 0.29) is 64.7 Å². The molecule has 4 rings (SSSR count). The number of fused-ring (bicyclic) bond motifs is 2. The van der Waals surface area contributed by atoms with Gasteiger partial charge in [0.2, 0.25) is 0 Å². The second-order valence-corrected chi connectivity index (χ2v) is 10.5. The van der Waals surface area contributed by atoms with Gasteiger partial charge in [-0.25, -0.2) is 0 Å². The molecular weight excluding hydrogens is 487 g/mol. The van der Waals surface area contributed by atoms with Crippen molar-refractivity contribution in [3.05, 3.63) is 89.0 Å². The van der Waals surface area contributed by atoms with E-state index < -0.39 is 10.1 Å². The van der Waals surface area contributed by atoms with E-state index in [9.17, 15) is 18.0 Å². The number of benzene rings is 3. The van der Waals surface area contributed by atoms with Crippen LogP contribution in [0.3, 0.4) is 0 Å². The molecule has 0 heterocycles. The standard InChI is InChI=1S/C27H28N2O5S.Na/c1-17(2)28-22-13-14-23(25-24(22)26(30)20-11-7-8-12-21(20)27(25)31)29-18(3)15-16-34-35(32,33)19-9-5-4-6-10-19;/h4-14,17-18,28-29H,15-16H2,1-3H3;. The fraction of sp³-hybridized carbons (Fsp3) is 0.259. The van der Waals surface area contributed by atoms with Crippen molar-refractivity contribution in [1.29, 1.82) is 0 Å². The Hall–Kier alpha value is -2.49. The van der Waals surface area contributed by atoms with Crippen molar-refractivity contribution in [2.45, 2.75) is 44.2 Å². The van der Waals surface area contributed by atoms with Gasteiger partial charge < -0.3 is 10.6 Å². The average Bonchev–Trinajstić information content (AvgIpc) is 2.83. The summed E-state index contributed by atoms with van der Waals surface area (Å²) < 4.78 is 29.9. The van der Waals surface area contributed by atoms with Crippen molar-refractivity contribution >= 4 is 62.6 Å². The minimum atomic E-state index is -3.84. The van der Waals surface area contributed by atoms with Crippen LogP contribution in [-0.4, -0.2) is 68.2 Å². The summed E-state index contributed by atoms with van der Waals surface area (Å²) in [6.45, 7) is 5.77. The van der Waals surface area contributed by atoms with Gasteiger partial charge in [0.05, 0.1) is 22.6 Å². The van der Waals surface area contributed by atoms with Gasteiger partial charge in [-0.05, 0) is 51.5 Å². The molecule has 3 aromatic rings. The van der Waals surface area contributed by atoms with Crippen LogP contribution >= 0.6 is 0 Å². The zero-order valence-corrected chi connectivity index (χ0v) is 23.7. The Kier molecular flexibility index (Phi) is 9.13. The van der Waals surface area contributed by atoms with Gasteiger partial charge in [0.1, 0.15) is 0 Å². The molecule has 0 spiro atoms. The van der Waals surface area contributed by atoms with Gasteiger partial charge in [-0.1, -0.05) is 42.5 Å². The Morgan fingerprint density at radius 1 is 0.750 bits per heavy atom. The molecule has 1 aliphatic rings. The van der Waals surface area contributed by atoms with Gasteiger partial charge >= 0.3 is 0 Å². The van der Waals surface area contributed by atoms with Crippen LogP contribution in [0.2, 0.25) is 0 Å². The Morgan fingerprint density at radius 2 is 1.25 bits per heavy atom. The zero-order chi connectivity index (χ0) is 25.2. The normalized spacial score (nSPS) is 13.4. The van der Waals surface area contributed by atoms with E-state index in [2.05, 4.69) is 10.6 Å². The van der Waals surface area contributed by atoms with Crippen molar-refractivity contribution in [3.63, 3.8) is 0 Å². The molecular formula is C27H28N2NaO5S. The summed E-state index contributed by atoms with van der Waals surface area (Å²) in [6, 6.07) is 18.2. The number of ketones is 2. The van der Waals surface area contributed by atoms with Crippen molar-refractivity contribution < 1.29 is 22.2 Å². The van der Waals surface area contributed by atoms with E-state index in [0.717, 1.165) is 0 Å². The van der Waals surface area contributed by atoms with Crippen molar-refractivity contribution in [2.75, 3.05) is 17.2 Å². The minimum Gasteiger partial charge on any atom is -0.382 e. The predicted molar refractivity (Wildman–Crippen MR) is 142 cm³/mol. The summed E-state index contributed by atoms with van der Waals surface area (Å²) in [5.41, 5.74) is 2.58. The zero-order valence-electron chi connectivity index (χ0n) is 20.9. The van der Waals surface area contributed by atoms with Crippen LogP contribution in [-0.2, 0) is 14.3 Å². The Balaban J connectivity index is 0.00000361. The number of carbonyl (C=O) groups excluding carboxylic acids is 2. The van der Waals surface area contributed by atoms with Crippen LogP contribution in [0.1, 0.15) is 59.0 Å². The molecule has 1 unspecified atom stereocenters. The molecule has 0 saturated heterocycles. The summed E-state index contributed by atoms with van der Waals surface area (Å²) in [7, 11) is -3.84. The Bertz CT molecular complexity index is 1370. The molecule has 0 aromatic heterocycles. The van der Waals surface area contributed by atoms with E-state index in [1.54, 1.807) is 54.6 Å². The predicted octanol–water partition coefficient (Wildman–Crippen LogP) is 4.50. The van der Waals surface area contributed by atoms with Crippen LogP contribution in [0.4, 0.5) is 11.4 Å². The molecule has 7 nitrogen and oxygen atoms in total. The SMILES string of the molecule is CC(C)Nc1ccc(NC(C)CCOS(=O)(=O)c2ccccc2)c2c1C(=O)c1ccccc1C2=O.[Na]. The van der Waals surface area contributed by atoms with Gasteiger partial charge in [-0.15, -0.1) is 0 Å². The number of hydrogen-bond acceptors (Lipinski definition) is 7. The first-order valence-corrected chi connectivity index (χ1v) is 12.9. The van der Waals surface area contributed by atoms with Crippen LogP contribution < -0.4 is 10.6 Å². The topological polar surface area (TPSA) is 102 Å². The van der Waals surface area contributed by atoms with Crippen LogP contribution in [0, 0.1) is 0 Å². The molecule has 1 atom stereocenters. The fourth-order valence-electron chi connectivity index (χ4n) is 4.10. The van der Waals surface area contributed by atoms with E-state index in [4.69, 9.17) is 4.18 Å². The second-order valence-electron chi connectivity index (χ2n) is 8.84. The smallest absolute Gasteiger partial charge is 0.296 e. The maximum Gasteiger partial charge on any atom is 0.296 e. The Morgan fingerprint density at radius 3 is 1.78 bits per heavy atom. The largest absolute Gasteiger partial charge is 0.382 e. The number of anilines is 2. The molecule has 0 fully saturated rings. The first-order valence-electron chi connectivity index (χ1n) is 11.5. The van der Waals surface area contributed by atoms with Gasteiger partial charge in [-0.2, -0.15) is 8.42 Å². The first-order chi connectivity index (χ1) is 16.7. The fourth-order valence-corrected chi connectivity index (χ4v) is 5.04. The van der Waals surface area contributed by atoms with Crippen molar-refractivity contribution in [1.82, 2.24) is 0 Å². The molecule has 1 radical (unpaired) electrons. The third kappa shape index (κ3) is 5.90. The number of nitrogens with one attached hydrogen (secondary N) is 2. The van der Waals surface area contributed by atoms with Gasteiger partial charge in [0.25, 0.3) is 10.1 Å². The number of carbonyl (C=O) groups is 2. The summed E-state index contributed by atoms with van der Waals surface area (Å²) in [4.78, 5) is 27.0. The monoisotopic (exact) mass is 515 g/mol. The number of hydrogen-bond donors (Lipinski definition) is 2. The molecule has 0 amide bonds. The molecule has 9 heteroatoms. The average molecular weight is 516 g/mol. The molecule has 0 saturated carbocycles. The maximum absolute atomic E-state index is 13.5. The molecule has 0 aliphatic heterocycles. The van der Waals surface area contributed by atoms with Crippen molar-refractivity contribution in [2.24, 2.45) is 0 Å². The van der Waals surface area contributed by atoms with E-state index >= 15 is 0 Å². The maximum atomic E-state index is 13.5. The van der Waals surface area contributed by atoms with E-state index in [1.807, 2.05) is 20.8 Å². The van der Waals surface area contributed by atoms with Crippen molar-refractivity contribution in [3.8, 4) is 0 Å². The number of rotatable bonds is 9. The molecule has 1 aliphatic carbocycles. The molecule has 0 bridgehead atoms. The quantitative estimate of drug-likeness (QED) is 0.250. The molecule has 183 valence electrons. The summed E-state index contributed by atoms with van der Waals surface area (Å²) >= 11 is 0. The third-order valence-electron chi connectivity index (χ3n) is 5.74. The minimum absolute atomic E-state index is 0. The van der Waals surface area contributed by atoms with Crippen LogP contribution in [0.5, 0.6) is 0 Å². The van der Waals surface area contributed by atoms with Crippen LogP contribution in [0.15, 0.2) is 71.6 Å². The molecule has 3 aromatic carbocycles. The summed E-state index contributed by atoms with van der Waals surface area (Å²) in [6.07, 6.45) is 0.367. The van der Waals surface area contributed by atoms with Gasteiger partial charge in [-0.3, -0.25) is 13.8 Å². The second kappa shape index (κ2) is 11.7.